The fraction of sp³-hybridized carbons (Fsp3) is 0.300. The number of aryl methyl sites for hydroxylation is 1. The molecule has 0 saturated heterocycles. The third-order valence-corrected chi connectivity index (χ3v) is 4.24. The Labute approximate surface area is 162 Å². The first kappa shape index (κ1) is 19.5. The Kier molecular flexibility index (Phi) is 5.70. The van der Waals surface area contributed by atoms with E-state index in [-0.39, 0.29) is 17.7 Å². The van der Waals surface area contributed by atoms with E-state index in [0.29, 0.717) is 52.4 Å². The van der Waals surface area contributed by atoms with Crippen LogP contribution in [-0.4, -0.2) is 35.0 Å². The van der Waals surface area contributed by atoms with Gasteiger partial charge in [-0.25, -0.2) is 4.98 Å². The lowest BCUT2D eigenvalue weighted by Gasteiger charge is -2.12. The van der Waals surface area contributed by atoms with Gasteiger partial charge in [0.1, 0.15) is 0 Å². The standard InChI is InChI=1S/C20H23N5O3/c1-11(2)17-16-14(10-12(3)23-20(16)28-25-17)19(27)24-15-7-5-4-6-13(15)18(26)22-9-8-21/h4-7,10-11H,8-9,21H2,1-3H3,(H,22,26)(H,24,27). The summed E-state index contributed by atoms with van der Waals surface area (Å²) in [7, 11) is 0. The number of para-hydroxylation sites is 1. The molecule has 3 rings (SSSR count). The van der Waals surface area contributed by atoms with E-state index in [2.05, 4.69) is 20.8 Å². The van der Waals surface area contributed by atoms with E-state index in [9.17, 15) is 9.59 Å². The minimum atomic E-state index is -0.361. The van der Waals surface area contributed by atoms with Gasteiger partial charge < -0.3 is 20.9 Å². The van der Waals surface area contributed by atoms with Crippen LogP contribution in [0.3, 0.4) is 0 Å². The second kappa shape index (κ2) is 8.18. The van der Waals surface area contributed by atoms with E-state index in [1.807, 2.05) is 13.8 Å². The predicted octanol–water partition coefficient (Wildman–Crippen LogP) is 2.60. The molecule has 0 spiro atoms. The van der Waals surface area contributed by atoms with Crippen molar-refractivity contribution in [1.82, 2.24) is 15.5 Å². The molecule has 2 heterocycles. The van der Waals surface area contributed by atoms with Crippen molar-refractivity contribution in [2.45, 2.75) is 26.7 Å². The summed E-state index contributed by atoms with van der Waals surface area (Å²) in [6, 6.07) is 8.50. The van der Waals surface area contributed by atoms with Gasteiger partial charge in [0.2, 0.25) is 0 Å². The van der Waals surface area contributed by atoms with Crippen molar-refractivity contribution in [1.29, 1.82) is 0 Å². The predicted molar refractivity (Wildman–Crippen MR) is 106 cm³/mol. The summed E-state index contributed by atoms with van der Waals surface area (Å²) in [6.45, 7) is 6.40. The number of rotatable bonds is 6. The monoisotopic (exact) mass is 381 g/mol. The number of benzene rings is 1. The first-order valence-electron chi connectivity index (χ1n) is 9.08. The molecule has 0 aliphatic rings. The third-order valence-electron chi connectivity index (χ3n) is 4.24. The number of nitrogens with one attached hydrogen (secondary N) is 2. The van der Waals surface area contributed by atoms with Gasteiger partial charge in [-0.2, -0.15) is 0 Å². The highest BCUT2D eigenvalue weighted by Gasteiger charge is 2.22. The topological polar surface area (TPSA) is 123 Å². The van der Waals surface area contributed by atoms with E-state index < -0.39 is 0 Å². The van der Waals surface area contributed by atoms with E-state index >= 15 is 0 Å². The van der Waals surface area contributed by atoms with Crippen LogP contribution in [0.1, 0.15) is 51.9 Å². The van der Waals surface area contributed by atoms with E-state index in [1.165, 1.54) is 0 Å². The third kappa shape index (κ3) is 3.86. The molecule has 0 saturated carbocycles. The van der Waals surface area contributed by atoms with Crippen LogP contribution in [0.2, 0.25) is 0 Å². The van der Waals surface area contributed by atoms with Crippen LogP contribution in [0.15, 0.2) is 34.9 Å². The number of fused-ring (bicyclic) bond motifs is 1. The zero-order valence-electron chi connectivity index (χ0n) is 16.1. The van der Waals surface area contributed by atoms with Crippen molar-refractivity contribution in [2.24, 2.45) is 5.73 Å². The number of anilines is 1. The molecule has 0 unspecified atom stereocenters. The summed E-state index contributed by atoms with van der Waals surface area (Å²) >= 11 is 0. The second-order valence-corrected chi connectivity index (χ2v) is 6.76. The average molecular weight is 381 g/mol. The van der Waals surface area contributed by atoms with Crippen molar-refractivity contribution in [3.8, 4) is 0 Å². The zero-order valence-corrected chi connectivity index (χ0v) is 16.1. The van der Waals surface area contributed by atoms with Crippen LogP contribution in [0.25, 0.3) is 11.1 Å². The van der Waals surface area contributed by atoms with Crippen LogP contribution >= 0.6 is 0 Å². The van der Waals surface area contributed by atoms with Gasteiger partial charge in [-0.1, -0.05) is 31.1 Å². The number of nitrogens with two attached hydrogens (primary N) is 1. The van der Waals surface area contributed by atoms with Gasteiger partial charge in [0.05, 0.1) is 27.9 Å². The molecule has 28 heavy (non-hydrogen) atoms. The Morgan fingerprint density at radius 2 is 1.93 bits per heavy atom. The smallest absolute Gasteiger partial charge is 0.259 e. The Hall–Kier alpha value is -3.26. The van der Waals surface area contributed by atoms with Gasteiger partial charge in [-0.3, -0.25) is 9.59 Å². The summed E-state index contributed by atoms with van der Waals surface area (Å²) in [5.74, 6) is -0.600. The number of aromatic nitrogens is 2. The molecule has 2 amide bonds. The highest BCUT2D eigenvalue weighted by Crippen LogP contribution is 2.28. The summed E-state index contributed by atoms with van der Waals surface area (Å²) in [5, 5.41) is 10.2. The van der Waals surface area contributed by atoms with E-state index in [1.54, 1.807) is 37.3 Å². The van der Waals surface area contributed by atoms with Crippen molar-refractivity contribution in [2.75, 3.05) is 18.4 Å². The number of pyridine rings is 1. The molecule has 0 bridgehead atoms. The average Bonchev–Trinajstić information content (AvgIpc) is 3.09. The molecule has 8 nitrogen and oxygen atoms in total. The number of amides is 2. The number of hydrogen-bond acceptors (Lipinski definition) is 6. The molecule has 1 aromatic carbocycles. The maximum atomic E-state index is 13.1. The normalized spacial score (nSPS) is 11.0. The van der Waals surface area contributed by atoms with Gasteiger partial charge in [0.15, 0.2) is 0 Å². The van der Waals surface area contributed by atoms with Crippen molar-refractivity contribution >= 4 is 28.6 Å². The van der Waals surface area contributed by atoms with E-state index in [4.69, 9.17) is 10.3 Å². The molecule has 3 aromatic rings. The lowest BCUT2D eigenvalue weighted by atomic mass is 10.0. The molecule has 146 valence electrons. The minimum absolute atomic E-state index is 0.0617. The van der Waals surface area contributed by atoms with Crippen molar-refractivity contribution < 1.29 is 14.1 Å². The van der Waals surface area contributed by atoms with Crippen LogP contribution in [0.5, 0.6) is 0 Å². The summed E-state index contributed by atoms with van der Waals surface area (Å²) in [5.41, 5.74) is 8.25. The molecule has 0 aliphatic heterocycles. The van der Waals surface area contributed by atoms with Crippen molar-refractivity contribution in [3.63, 3.8) is 0 Å². The highest BCUT2D eigenvalue weighted by molar-refractivity contribution is 6.14. The maximum Gasteiger partial charge on any atom is 0.259 e. The Bertz CT molecular complexity index is 1030. The van der Waals surface area contributed by atoms with E-state index in [0.717, 1.165) is 0 Å². The number of hydrogen-bond donors (Lipinski definition) is 3. The molecule has 4 N–H and O–H groups in total. The fourth-order valence-electron chi connectivity index (χ4n) is 2.93. The zero-order chi connectivity index (χ0) is 20.3. The number of carbonyl (C=O) groups excluding carboxylic acids is 2. The SMILES string of the molecule is Cc1cc(C(=O)Nc2ccccc2C(=O)NCCN)c2c(C(C)C)noc2n1. The Morgan fingerprint density at radius 3 is 2.64 bits per heavy atom. The van der Waals surface area contributed by atoms with Gasteiger partial charge in [0.25, 0.3) is 17.5 Å². The van der Waals surface area contributed by atoms with Crippen LogP contribution < -0.4 is 16.4 Å². The molecule has 0 aliphatic carbocycles. The van der Waals surface area contributed by atoms with Gasteiger partial charge in [-0.15, -0.1) is 0 Å². The first-order chi connectivity index (χ1) is 13.4. The minimum Gasteiger partial charge on any atom is -0.351 e. The van der Waals surface area contributed by atoms with Gasteiger partial charge in [-0.05, 0) is 31.0 Å². The lowest BCUT2D eigenvalue weighted by Crippen LogP contribution is -2.30. The lowest BCUT2D eigenvalue weighted by molar-refractivity contribution is 0.0955. The van der Waals surface area contributed by atoms with Gasteiger partial charge >= 0.3 is 0 Å². The molecule has 0 fully saturated rings. The molecule has 2 aromatic heterocycles. The Morgan fingerprint density at radius 1 is 1.18 bits per heavy atom. The number of nitrogens with zero attached hydrogens (tertiary/aromatic N) is 2. The van der Waals surface area contributed by atoms with Crippen molar-refractivity contribution in [3.05, 3.63) is 52.8 Å². The molecular formula is C20H23N5O3. The van der Waals surface area contributed by atoms with Crippen LogP contribution in [0, 0.1) is 6.92 Å². The Balaban J connectivity index is 1.99. The second-order valence-electron chi connectivity index (χ2n) is 6.76. The first-order valence-corrected chi connectivity index (χ1v) is 9.08. The molecule has 0 atom stereocenters. The number of carbonyl (C=O) groups is 2. The molecule has 0 radical (unpaired) electrons. The fourth-order valence-corrected chi connectivity index (χ4v) is 2.93. The van der Waals surface area contributed by atoms with Crippen LogP contribution in [0.4, 0.5) is 5.69 Å². The molecule has 8 heteroatoms. The highest BCUT2D eigenvalue weighted by atomic mass is 16.5. The summed E-state index contributed by atoms with van der Waals surface area (Å²) < 4.78 is 5.32. The van der Waals surface area contributed by atoms with Crippen LogP contribution in [-0.2, 0) is 0 Å². The summed E-state index contributed by atoms with van der Waals surface area (Å²) in [6.07, 6.45) is 0. The molecular weight excluding hydrogens is 358 g/mol. The largest absolute Gasteiger partial charge is 0.351 e. The summed E-state index contributed by atoms with van der Waals surface area (Å²) in [4.78, 5) is 29.8. The quantitative estimate of drug-likeness (QED) is 0.603. The van der Waals surface area contributed by atoms with Gasteiger partial charge in [0, 0.05) is 18.8 Å². The maximum absolute atomic E-state index is 13.1.